The molecule has 5 aromatic rings. The number of nitrogens with zero attached hydrogens (tertiary/aromatic N) is 3. The van der Waals surface area contributed by atoms with Gasteiger partial charge in [0.1, 0.15) is 5.75 Å². The minimum absolute atomic E-state index is 0.0740. The maximum absolute atomic E-state index is 12.4. The maximum Gasteiger partial charge on any atom is 0.343 e. The molecule has 0 spiro atoms. The highest BCUT2D eigenvalue weighted by Gasteiger charge is 2.32. The zero-order valence-corrected chi connectivity index (χ0v) is 22.3. The van der Waals surface area contributed by atoms with E-state index in [9.17, 15) is 4.79 Å². The van der Waals surface area contributed by atoms with Gasteiger partial charge in [-0.3, -0.25) is 0 Å². The summed E-state index contributed by atoms with van der Waals surface area (Å²) < 4.78 is 5.57. The van der Waals surface area contributed by atoms with Crippen molar-refractivity contribution in [1.29, 1.82) is 0 Å². The number of aromatic nitrogens is 1. The van der Waals surface area contributed by atoms with Crippen LogP contribution >= 0.6 is 11.3 Å². The van der Waals surface area contributed by atoms with Crippen LogP contribution in [0.15, 0.2) is 120 Å². The molecule has 39 heavy (non-hydrogen) atoms. The molecule has 4 aromatic carbocycles. The van der Waals surface area contributed by atoms with Gasteiger partial charge in [0, 0.05) is 16.9 Å². The quantitative estimate of drug-likeness (QED) is 0.159. The fraction of sp³-hybridized carbons (Fsp3) is 0.121. The van der Waals surface area contributed by atoms with Crippen LogP contribution in [0.4, 0.5) is 5.13 Å². The normalized spacial score (nSPS) is 14.7. The molecule has 192 valence electrons. The van der Waals surface area contributed by atoms with Crippen LogP contribution in [0.1, 0.15) is 45.7 Å². The van der Waals surface area contributed by atoms with Crippen LogP contribution in [0, 0.1) is 0 Å². The summed E-state index contributed by atoms with van der Waals surface area (Å²) in [6.07, 6.45) is 1.67. The number of thiazole rings is 1. The van der Waals surface area contributed by atoms with Crippen molar-refractivity contribution >= 4 is 28.1 Å². The number of hydrazone groups is 1. The molecule has 0 unspecified atom stereocenters. The number of hydrogen-bond donors (Lipinski definition) is 0. The third kappa shape index (κ3) is 5.24. The summed E-state index contributed by atoms with van der Waals surface area (Å²) in [5, 5.41) is 8.05. The molecule has 0 amide bonds. The Morgan fingerprint density at radius 2 is 1.49 bits per heavy atom. The number of aryl methyl sites for hydroxylation is 1. The predicted octanol–water partition coefficient (Wildman–Crippen LogP) is 7.95. The second-order valence-electron chi connectivity index (χ2n) is 9.29. The lowest BCUT2D eigenvalue weighted by atomic mass is 9.99. The fourth-order valence-electron chi connectivity index (χ4n) is 4.75. The standard InChI is InChI=1S/C33H27N3O2S/c1-2-30-31(25-18-20-27(21-19-25)38-32(37)26-16-10-5-11-17-26)34-33(39-30)36-29(24-14-8-4-9-15-24)22-28(35-36)23-12-6-3-7-13-23/h3-21,29H,2,22H2,1H3/t29-/m0/s1. The van der Waals surface area contributed by atoms with Crippen molar-refractivity contribution in [2.24, 2.45) is 5.10 Å². The summed E-state index contributed by atoms with van der Waals surface area (Å²) >= 11 is 1.68. The van der Waals surface area contributed by atoms with Crippen molar-refractivity contribution in [3.05, 3.63) is 137 Å². The van der Waals surface area contributed by atoms with E-state index >= 15 is 0 Å². The highest BCUT2D eigenvalue weighted by Crippen LogP contribution is 2.41. The second kappa shape index (κ2) is 11.1. The van der Waals surface area contributed by atoms with Gasteiger partial charge in [-0.15, -0.1) is 0 Å². The summed E-state index contributed by atoms with van der Waals surface area (Å²) in [5.41, 5.74) is 5.85. The van der Waals surface area contributed by atoms with Gasteiger partial charge in [0.2, 0.25) is 5.13 Å². The number of rotatable bonds is 7. The van der Waals surface area contributed by atoms with Gasteiger partial charge in [0.15, 0.2) is 0 Å². The molecule has 2 heterocycles. The molecule has 0 N–H and O–H groups in total. The summed E-state index contributed by atoms with van der Waals surface area (Å²) in [7, 11) is 0. The molecule has 6 rings (SSSR count). The van der Waals surface area contributed by atoms with Crippen LogP contribution in [0.2, 0.25) is 0 Å². The molecule has 0 radical (unpaired) electrons. The van der Waals surface area contributed by atoms with E-state index in [0.717, 1.165) is 40.5 Å². The Hall–Kier alpha value is -4.55. The molecule has 1 aliphatic heterocycles. The smallest absolute Gasteiger partial charge is 0.343 e. The molecule has 6 heteroatoms. The molecule has 1 aromatic heterocycles. The van der Waals surface area contributed by atoms with Crippen LogP contribution < -0.4 is 9.75 Å². The van der Waals surface area contributed by atoms with E-state index in [1.165, 1.54) is 10.4 Å². The lowest BCUT2D eigenvalue weighted by Crippen LogP contribution is -2.18. The van der Waals surface area contributed by atoms with Gasteiger partial charge < -0.3 is 4.74 Å². The Morgan fingerprint density at radius 1 is 0.846 bits per heavy atom. The summed E-state index contributed by atoms with van der Waals surface area (Å²) in [5.74, 6) is 0.128. The Labute approximate surface area is 232 Å². The number of esters is 1. The Morgan fingerprint density at radius 3 is 2.15 bits per heavy atom. The molecule has 0 aliphatic carbocycles. The van der Waals surface area contributed by atoms with Crippen molar-refractivity contribution in [2.75, 3.05) is 5.01 Å². The summed E-state index contributed by atoms with van der Waals surface area (Å²) in [6, 6.07) is 37.5. The minimum atomic E-state index is -0.374. The number of carbonyl (C=O) groups is 1. The number of carbonyl (C=O) groups excluding carboxylic acids is 1. The zero-order valence-electron chi connectivity index (χ0n) is 21.5. The van der Waals surface area contributed by atoms with Gasteiger partial charge in [-0.05, 0) is 53.9 Å². The van der Waals surface area contributed by atoms with Gasteiger partial charge in [0.05, 0.1) is 23.0 Å². The monoisotopic (exact) mass is 529 g/mol. The van der Waals surface area contributed by atoms with Crippen LogP contribution in [0.3, 0.4) is 0 Å². The van der Waals surface area contributed by atoms with Gasteiger partial charge >= 0.3 is 5.97 Å². The van der Waals surface area contributed by atoms with Crippen molar-refractivity contribution in [1.82, 2.24) is 4.98 Å². The molecule has 0 saturated heterocycles. The fourth-order valence-corrected chi connectivity index (χ4v) is 5.77. The van der Waals surface area contributed by atoms with Crippen LogP contribution in [0.25, 0.3) is 11.3 Å². The highest BCUT2D eigenvalue weighted by atomic mass is 32.1. The number of hydrogen-bond acceptors (Lipinski definition) is 6. The Bertz CT molecular complexity index is 1600. The van der Waals surface area contributed by atoms with Crippen molar-refractivity contribution in [3.63, 3.8) is 0 Å². The zero-order chi connectivity index (χ0) is 26.6. The van der Waals surface area contributed by atoms with Crippen LogP contribution in [-0.4, -0.2) is 16.7 Å². The average molecular weight is 530 g/mol. The van der Waals surface area contributed by atoms with Crippen LogP contribution in [-0.2, 0) is 6.42 Å². The van der Waals surface area contributed by atoms with Gasteiger partial charge in [0.25, 0.3) is 0 Å². The molecule has 0 fully saturated rings. The summed E-state index contributed by atoms with van der Waals surface area (Å²) in [4.78, 5) is 18.7. The molecule has 1 atom stereocenters. The van der Waals surface area contributed by atoms with Crippen molar-refractivity contribution in [2.45, 2.75) is 25.8 Å². The molecule has 5 nitrogen and oxygen atoms in total. The van der Waals surface area contributed by atoms with E-state index in [1.54, 1.807) is 23.5 Å². The molecule has 0 bridgehead atoms. The van der Waals surface area contributed by atoms with Crippen LogP contribution in [0.5, 0.6) is 5.75 Å². The third-order valence-electron chi connectivity index (χ3n) is 6.75. The topological polar surface area (TPSA) is 54.8 Å². The number of ether oxygens (including phenoxy) is 1. The second-order valence-corrected chi connectivity index (χ2v) is 10.4. The molecular weight excluding hydrogens is 502 g/mol. The first kappa shape index (κ1) is 24.8. The van der Waals surface area contributed by atoms with E-state index in [2.05, 4.69) is 60.5 Å². The number of benzene rings is 4. The van der Waals surface area contributed by atoms with E-state index in [-0.39, 0.29) is 12.0 Å². The minimum Gasteiger partial charge on any atom is -0.423 e. The first-order valence-electron chi connectivity index (χ1n) is 13.0. The lowest BCUT2D eigenvalue weighted by Gasteiger charge is -2.21. The lowest BCUT2D eigenvalue weighted by molar-refractivity contribution is 0.0735. The average Bonchev–Trinajstić information content (AvgIpc) is 3.64. The SMILES string of the molecule is CCc1sc(N2N=C(c3ccccc3)C[C@H]2c2ccccc2)nc1-c1ccc(OC(=O)c2ccccc2)cc1. The highest BCUT2D eigenvalue weighted by molar-refractivity contribution is 7.16. The summed E-state index contributed by atoms with van der Waals surface area (Å²) in [6.45, 7) is 2.15. The van der Waals surface area contributed by atoms with Crippen molar-refractivity contribution in [3.8, 4) is 17.0 Å². The van der Waals surface area contributed by atoms with E-state index in [0.29, 0.717) is 11.3 Å². The van der Waals surface area contributed by atoms with Gasteiger partial charge in [-0.25, -0.2) is 14.8 Å². The molecule has 1 aliphatic rings. The maximum atomic E-state index is 12.4. The largest absolute Gasteiger partial charge is 0.423 e. The number of anilines is 1. The Kier molecular flexibility index (Phi) is 7.02. The first-order valence-corrected chi connectivity index (χ1v) is 13.9. The molecule has 0 saturated carbocycles. The Balaban J connectivity index is 1.30. The van der Waals surface area contributed by atoms with Gasteiger partial charge in [-0.1, -0.05) is 97.1 Å². The van der Waals surface area contributed by atoms with E-state index in [4.69, 9.17) is 14.8 Å². The van der Waals surface area contributed by atoms with E-state index in [1.807, 2.05) is 54.6 Å². The third-order valence-corrected chi connectivity index (χ3v) is 7.94. The van der Waals surface area contributed by atoms with Gasteiger partial charge in [-0.2, -0.15) is 5.10 Å². The molecular formula is C33H27N3O2S. The first-order chi connectivity index (χ1) is 19.2. The van der Waals surface area contributed by atoms with E-state index < -0.39 is 0 Å². The van der Waals surface area contributed by atoms with Crippen molar-refractivity contribution < 1.29 is 9.53 Å². The predicted molar refractivity (Wildman–Crippen MR) is 158 cm³/mol.